The van der Waals surface area contributed by atoms with Gasteiger partial charge in [-0.15, -0.1) is 0 Å². The largest absolute Gasteiger partial charge is 0.271 e. The number of hydrogen-bond acceptors (Lipinski definition) is 2. The first kappa shape index (κ1) is 15.4. The monoisotopic (exact) mass is 360 g/mol. The molecule has 0 spiro atoms. The maximum absolute atomic E-state index is 13.4. The van der Waals surface area contributed by atoms with E-state index in [9.17, 15) is 8.78 Å². The Morgan fingerprint density at radius 3 is 2.65 bits per heavy atom. The second-order valence-electron chi connectivity index (χ2n) is 4.34. The molecule has 0 bridgehead atoms. The highest BCUT2D eigenvalue weighted by Crippen LogP contribution is 2.27. The third-order valence-electron chi connectivity index (χ3n) is 2.94. The van der Waals surface area contributed by atoms with E-state index in [1.807, 2.05) is 0 Å². The van der Waals surface area contributed by atoms with Gasteiger partial charge in [-0.05, 0) is 41.8 Å². The molecule has 0 radical (unpaired) electrons. The van der Waals surface area contributed by atoms with Crippen LogP contribution in [0.1, 0.15) is 17.2 Å². The van der Waals surface area contributed by atoms with Gasteiger partial charge in [0, 0.05) is 4.47 Å². The van der Waals surface area contributed by atoms with Crippen molar-refractivity contribution in [2.45, 2.75) is 12.5 Å². The third-order valence-corrected chi connectivity index (χ3v) is 3.83. The van der Waals surface area contributed by atoms with Crippen molar-refractivity contribution in [2.24, 2.45) is 5.84 Å². The first-order valence-electron chi connectivity index (χ1n) is 5.86. The topological polar surface area (TPSA) is 38.0 Å². The van der Waals surface area contributed by atoms with Gasteiger partial charge in [-0.1, -0.05) is 39.7 Å². The minimum atomic E-state index is -0.486. The average molecular weight is 362 g/mol. The quantitative estimate of drug-likeness (QED) is 0.635. The number of nitrogens with two attached hydrogens (primary N) is 1. The summed E-state index contributed by atoms with van der Waals surface area (Å²) in [5.74, 6) is 4.66. The Hall–Kier alpha value is -1.01. The van der Waals surface area contributed by atoms with Crippen LogP contribution in [-0.4, -0.2) is 0 Å². The fourth-order valence-corrected chi connectivity index (χ4v) is 2.66. The lowest BCUT2D eigenvalue weighted by atomic mass is 9.99. The summed E-state index contributed by atoms with van der Waals surface area (Å²) in [7, 11) is 0. The zero-order chi connectivity index (χ0) is 14.7. The minimum absolute atomic E-state index is 0.0585. The Labute approximate surface area is 129 Å². The van der Waals surface area contributed by atoms with Gasteiger partial charge in [0.15, 0.2) is 0 Å². The van der Waals surface area contributed by atoms with E-state index in [0.717, 1.165) is 0 Å². The van der Waals surface area contributed by atoms with Crippen molar-refractivity contribution in [2.75, 3.05) is 0 Å². The SMILES string of the molecule is NNC(Cc1cccc(F)c1Cl)c1cc(F)cc(Br)c1. The van der Waals surface area contributed by atoms with Crippen LogP contribution in [0.5, 0.6) is 0 Å². The van der Waals surface area contributed by atoms with E-state index in [0.29, 0.717) is 22.0 Å². The number of hydrogen-bond donors (Lipinski definition) is 2. The Morgan fingerprint density at radius 1 is 1.25 bits per heavy atom. The van der Waals surface area contributed by atoms with Crippen LogP contribution in [0, 0.1) is 11.6 Å². The summed E-state index contributed by atoms with van der Waals surface area (Å²) in [6.07, 6.45) is 0.350. The van der Waals surface area contributed by atoms with Crippen molar-refractivity contribution in [3.63, 3.8) is 0 Å². The molecule has 20 heavy (non-hydrogen) atoms. The molecule has 0 saturated heterocycles. The molecule has 0 fully saturated rings. The Kier molecular flexibility index (Phi) is 5.10. The third kappa shape index (κ3) is 3.55. The molecule has 0 aliphatic rings. The second kappa shape index (κ2) is 6.63. The van der Waals surface area contributed by atoms with E-state index in [-0.39, 0.29) is 16.9 Å². The molecule has 1 unspecified atom stereocenters. The highest BCUT2D eigenvalue weighted by Gasteiger charge is 2.15. The molecule has 0 amide bonds. The molecule has 2 rings (SSSR count). The molecule has 0 aliphatic carbocycles. The molecule has 0 aromatic heterocycles. The van der Waals surface area contributed by atoms with E-state index < -0.39 is 5.82 Å². The van der Waals surface area contributed by atoms with Crippen LogP contribution in [0.4, 0.5) is 8.78 Å². The molecule has 106 valence electrons. The van der Waals surface area contributed by atoms with E-state index in [1.165, 1.54) is 18.2 Å². The highest BCUT2D eigenvalue weighted by atomic mass is 79.9. The van der Waals surface area contributed by atoms with Gasteiger partial charge < -0.3 is 0 Å². The van der Waals surface area contributed by atoms with Crippen LogP contribution in [0.15, 0.2) is 40.9 Å². The van der Waals surface area contributed by atoms with Crippen LogP contribution in [-0.2, 0) is 6.42 Å². The van der Waals surface area contributed by atoms with E-state index in [4.69, 9.17) is 17.4 Å². The summed E-state index contributed by atoms with van der Waals surface area (Å²) in [4.78, 5) is 0. The minimum Gasteiger partial charge on any atom is -0.271 e. The maximum atomic E-state index is 13.4. The van der Waals surface area contributed by atoms with Gasteiger partial charge in [0.2, 0.25) is 0 Å². The van der Waals surface area contributed by atoms with E-state index in [1.54, 1.807) is 18.2 Å². The molecule has 2 aromatic rings. The lowest BCUT2D eigenvalue weighted by molar-refractivity contribution is 0.541. The first-order chi connectivity index (χ1) is 9.51. The summed E-state index contributed by atoms with van der Waals surface area (Å²) in [6.45, 7) is 0. The normalized spacial score (nSPS) is 12.4. The summed E-state index contributed by atoms with van der Waals surface area (Å²) < 4.78 is 27.4. The van der Waals surface area contributed by atoms with Gasteiger partial charge in [-0.3, -0.25) is 11.3 Å². The van der Waals surface area contributed by atoms with Gasteiger partial charge in [0.05, 0.1) is 11.1 Å². The number of hydrazine groups is 1. The maximum Gasteiger partial charge on any atom is 0.142 e. The number of halogens is 4. The number of nitrogens with one attached hydrogen (secondary N) is 1. The summed E-state index contributed by atoms with van der Waals surface area (Å²) in [5.41, 5.74) is 3.86. The highest BCUT2D eigenvalue weighted by molar-refractivity contribution is 9.10. The van der Waals surface area contributed by atoms with Crippen molar-refractivity contribution < 1.29 is 8.78 Å². The zero-order valence-corrected chi connectivity index (χ0v) is 12.7. The molecular weight excluding hydrogens is 350 g/mol. The molecule has 0 saturated carbocycles. The predicted molar refractivity (Wildman–Crippen MR) is 79.3 cm³/mol. The smallest absolute Gasteiger partial charge is 0.142 e. The molecule has 0 aliphatic heterocycles. The molecule has 6 heteroatoms. The summed E-state index contributed by atoms with van der Waals surface area (Å²) in [5, 5.41) is 0.0585. The Morgan fingerprint density at radius 2 is 2.00 bits per heavy atom. The fraction of sp³-hybridized carbons (Fsp3) is 0.143. The second-order valence-corrected chi connectivity index (χ2v) is 5.63. The molecule has 3 N–H and O–H groups in total. The van der Waals surface area contributed by atoms with Crippen LogP contribution in [0.3, 0.4) is 0 Å². The van der Waals surface area contributed by atoms with Crippen LogP contribution in [0.25, 0.3) is 0 Å². The standard InChI is InChI=1S/C14H12BrClF2N2/c15-10-4-9(5-11(17)7-10)13(20-19)6-8-2-1-3-12(18)14(8)16/h1-5,7,13,20H,6,19H2. The Bertz CT molecular complexity index is 602. The van der Waals surface area contributed by atoms with Gasteiger partial charge in [0.25, 0.3) is 0 Å². The van der Waals surface area contributed by atoms with Crippen molar-refractivity contribution >= 4 is 27.5 Å². The lowest BCUT2D eigenvalue weighted by Gasteiger charge is -2.18. The summed E-state index contributed by atoms with van der Waals surface area (Å²) >= 11 is 9.14. The Balaban J connectivity index is 2.31. The molecule has 1 atom stereocenters. The van der Waals surface area contributed by atoms with Gasteiger partial charge >= 0.3 is 0 Å². The van der Waals surface area contributed by atoms with Gasteiger partial charge in [-0.2, -0.15) is 0 Å². The molecule has 0 heterocycles. The van der Waals surface area contributed by atoms with Crippen LogP contribution < -0.4 is 11.3 Å². The first-order valence-corrected chi connectivity index (χ1v) is 7.03. The summed E-state index contributed by atoms with van der Waals surface area (Å²) in [6, 6.07) is 8.68. The number of benzene rings is 2. The molecule has 2 aromatic carbocycles. The van der Waals surface area contributed by atoms with Crippen molar-refractivity contribution in [1.29, 1.82) is 0 Å². The zero-order valence-electron chi connectivity index (χ0n) is 10.3. The van der Waals surface area contributed by atoms with Crippen molar-refractivity contribution in [3.8, 4) is 0 Å². The lowest BCUT2D eigenvalue weighted by Crippen LogP contribution is -2.29. The van der Waals surface area contributed by atoms with Gasteiger partial charge in [-0.25, -0.2) is 8.78 Å². The fourth-order valence-electron chi connectivity index (χ4n) is 1.98. The van der Waals surface area contributed by atoms with Crippen molar-refractivity contribution in [3.05, 3.63) is 68.7 Å². The predicted octanol–water partition coefficient (Wildman–Crippen LogP) is 4.13. The molecular formula is C14H12BrClF2N2. The average Bonchev–Trinajstić information content (AvgIpc) is 2.39. The van der Waals surface area contributed by atoms with E-state index >= 15 is 0 Å². The van der Waals surface area contributed by atoms with Crippen molar-refractivity contribution in [1.82, 2.24) is 5.43 Å². The van der Waals surface area contributed by atoms with Gasteiger partial charge in [0.1, 0.15) is 11.6 Å². The van der Waals surface area contributed by atoms with E-state index in [2.05, 4.69) is 21.4 Å². The molecule has 2 nitrogen and oxygen atoms in total. The number of rotatable bonds is 4. The van der Waals surface area contributed by atoms with Crippen LogP contribution >= 0.6 is 27.5 Å². The van der Waals surface area contributed by atoms with Crippen LogP contribution in [0.2, 0.25) is 5.02 Å².